The summed E-state index contributed by atoms with van der Waals surface area (Å²) in [6.07, 6.45) is -2.81. The van der Waals surface area contributed by atoms with Gasteiger partial charge in [-0.2, -0.15) is 13.2 Å². The standard InChI is InChI=1S/C15H19F4N/c1-10-4-5-13(16)7-11(10)8-14(20)6-2-3-12(9-14)15(17,18)19/h4-5,7,12H,2-3,6,8-9,20H2,1H3. The van der Waals surface area contributed by atoms with Gasteiger partial charge in [0.1, 0.15) is 5.82 Å². The van der Waals surface area contributed by atoms with Crippen LogP contribution in [0.3, 0.4) is 0 Å². The van der Waals surface area contributed by atoms with Crippen molar-refractivity contribution in [3.63, 3.8) is 0 Å². The molecular formula is C15H19F4N. The van der Waals surface area contributed by atoms with Gasteiger partial charge in [0.15, 0.2) is 0 Å². The quantitative estimate of drug-likeness (QED) is 0.814. The molecular weight excluding hydrogens is 270 g/mol. The third-order valence-electron chi connectivity index (χ3n) is 4.20. The van der Waals surface area contributed by atoms with Crippen LogP contribution in [0.15, 0.2) is 18.2 Å². The van der Waals surface area contributed by atoms with Gasteiger partial charge < -0.3 is 5.73 Å². The molecule has 1 fully saturated rings. The van der Waals surface area contributed by atoms with Crippen LogP contribution in [0.2, 0.25) is 0 Å². The van der Waals surface area contributed by atoms with Crippen molar-refractivity contribution < 1.29 is 17.6 Å². The molecule has 0 heterocycles. The molecule has 20 heavy (non-hydrogen) atoms. The molecule has 2 rings (SSSR count). The second-order valence-corrected chi connectivity index (χ2v) is 5.94. The van der Waals surface area contributed by atoms with E-state index in [4.69, 9.17) is 5.73 Å². The highest BCUT2D eigenvalue weighted by Gasteiger charge is 2.46. The summed E-state index contributed by atoms with van der Waals surface area (Å²) in [4.78, 5) is 0. The SMILES string of the molecule is Cc1ccc(F)cc1CC1(N)CCCC(C(F)(F)F)C1. The second-order valence-electron chi connectivity index (χ2n) is 5.94. The summed E-state index contributed by atoms with van der Waals surface area (Å²) in [6.45, 7) is 1.82. The first-order valence-corrected chi connectivity index (χ1v) is 6.80. The predicted octanol–water partition coefficient (Wildman–Crippen LogP) is 4.13. The van der Waals surface area contributed by atoms with Crippen molar-refractivity contribution >= 4 is 0 Å². The lowest BCUT2D eigenvalue weighted by atomic mass is 9.72. The maximum absolute atomic E-state index is 13.3. The maximum Gasteiger partial charge on any atom is 0.391 e. The Morgan fingerprint density at radius 2 is 2.05 bits per heavy atom. The van der Waals surface area contributed by atoms with E-state index in [-0.39, 0.29) is 18.7 Å². The summed E-state index contributed by atoms with van der Waals surface area (Å²) in [7, 11) is 0. The van der Waals surface area contributed by atoms with E-state index >= 15 is 0 Å². The highest BCUT2D eigenvalue weighted by atomic mass is 19.4. The van der Waals surface area contributed by atoms with Gasteiger partial charge in [0, 0.05) is 5.54 Å². The minimum atomic E-state index is -4.19. The van der Waals surface area contributed by atoms with Crippen LogP contribution in [0.1, 0.15) is 36.8 Å². The molecule has 0 bridgehead atoms. The largest absolute Gasteiger partial charge is 0.391 e. The lowest BCUT2D eigenvalue weighted by molar-refractivity contribution is -0.187. The summed E-state index contributed by atoms with van der Waals surface area (Å²) in [6, 6.07) is 4.36. The van der Waals surface area contributed by atoms with Gasteiger partial charge in [0.05, 0.1) is 5.92 Å². The number of aryl methyl sites for hydroxylation is 1. The van der Waals surface area contributed by atoms with Gasteiger partial charge in [-0.25, -0.2) is 4.39 Å². The van der Waals surface area contributed by atoms with Crippen LogP contribution < -0.4 is 5.73 Å². The Bertz CT molecular complexity index is 483. The first kappa shape index (κ1) is 15.3. The zero-order valence-corrected chi connectivity index (χ0v) is 11.4. The van der Waals surface area contributed by atoms with Crippen molar-refractivity contribution in [1.29, 1.82) is 0 Å². The first-order valence-electron chi connectivity index (χ1n) is 6.80. The molecule has 1 aromatic rings. The number of benzene rings is 1. The lowest BCUT2D eigenvalue weighted by Gasteiger charge is -2.39. The Labute approximate surface area is 116 Å². The van der Waals surface area contributed by atoms with Crippen LogP contribution in [0.5, 0.6) is 0 Å². The summed E-state index contributed by atoms with van der Waals surface area (Å²) >= 11 is 0. The average Bonchev–Trinajstić information content (AvgIpc) is 2.32. The number of hydrogen-bond donors (Lipinski definition) is 1. The maximum atomic E-state index is 13.3. The first-order chi connectivity index (χ1) is 9.20. The molecule has 0 spiro atoms. The smallest absolute Gasteiger partial charge is 0.325 e. The fraction of sp³-hybridized carbons (Fsp3) is 0.600. The molecule has 1 aromatic carbocycles. The zero-order chi connectivity index (χ0) is 15.0. The fourth-order valence-electron chi connectivity index (χ4n) is 3.05. The average molecular weight is 289 g/mol. The van der Waals surface area contributed by atoms with Gasteiger partial charge in [-0.15, -0.1) is 0 Å². The molecule has 5 heteroatoms. The summed E-state index contributed by atoms with van der Waals surface area (Å²) < 4.78 is 51.8. The lowest BCUT2D eigenvalue weighted by Crippen LogP contribution is -2.49. The Morgan fingerprint density at radius 3 is 2.70 bits per heavy atom. The minimum absolute atomic E-state index is 0.0769. The molecule has 1 nitrogen and oxygen atoms in total. The van der Waals surface area contributed by atoms with E-state index in [0.717, 1.165) is 5.56 Å². The topological polar surface area (TPSA) is 26.0 Å². The van der Waals surface area contributed by atoms with Crippen molar-refractivity contribution in [3.05, 3.63) is 35.1 Å². The number of hydrogen-bond acceptors (Lipinski definition) is 1. The molecule has 2 unspecified atom stereocenters. The summed E-state index contributed by atoms with van der Waals surface area (Å²) in [5.74, 6) is -1.72. The van der Waals surface area contributed by atoms with Crippen molar-refractivity contribution in [2.45, 2.75) is 50.7 Å². The molecule has 0 saturated heterocycles. The number of nitrogens with two attached hydrogens (primary N) is 1. The van der Waals surface area contributed by atoms with Gasteiger partial charge in [-0.05, 0) is 55.9 Å². The summed E-state index contributed by atoms with van der Waals surface area (Å²) in [5, 5.41) is 0. The Kier molecular flexibility index (Phi) is 4.09. The third kappa shape index (κ3) is 3.51. The third-order valence-corrected chi connectivity index (χ3v) is 4.20. The Hall–Kier alpha value is -1.10. The molecule has 112 valence electrons. The highest BCUT2D eigenvalue weighted by molar-refractivity contribution is 5.28. The van der Waals surface area contributed by atoms with Gasteiger partial charge in [-0.1, -0.05) is 12.5 Å². The van der Waals surface area contributed by atoms with E-state index in [1.165, 1.54) is 12.1 Å². The van der Waals surface area contributed by atoms with E-state index in [1.807, 2.05) is 6.92 Å². The van der Waals surface area contributed by atoms with E-state index in [1.54, 1.807) is 6.07 Å². The van der Waals surface area contributed by atoms with Crippen LogP contribution in [-0.4, -0.2) is 11.7 Å². The Balaban J connectivity index is 2.16. The van der Waals surface area contributed by atoms with Crippen LogP contribution in [0.4, 0.5) is 17.6 Å². The van der Waals surface area contributed by atoms with Crippen molar-refractivity contribution in [1.82, 2.24) is 0 Å². The molecule has 0 amide bonds. The molecule has 0 radical (unpaired) electrons. The van der Waals surface area contributed by atoms with E-state index in [9.17, 15) is 17.6 Å². The number of alkyl halides is 3. The fourth-order valence-corrected chi connectivity index (χ4v) is 3.05. The van der Waals surface area contributed by atoms with E-state index < -0.39 is 17.6 Å². The van der Waals surface area contributed by atoms with Crippen molar-refractivity contribution in [2.24, 2.45) is 11.7 Å². The summed E-state index contributed by atoms with van der Waals surface area (Å²) in [5.41, 5.74) is 6.85. The van der Waals surface area contributed by atoms with Crippen LogP contribution in [-0.2, 0) is 6.42 Å². The zero-order valence-electron chi connectivity index (χ0n) is 11.4. The van der Waals surface area contributed by atoms with Gasteiger partial charge in [0.25, 0.3) is 0 Å². The van der Waals surface area contributed by atoms with Gasteiger partial charge in [0.2, 0.25) is 0 Å². The van der Waals surface area contributed by atoms with Crippen LogP contribution in [0.25, 0.3) is 0 Å². The number of rotatable bonds is 2. The molecule has 2 atom stereocenters. The molecule has 2 N–H and O–H groups in total. The van der Waals surface area contributed by atoms with Gasteiger partial charge in [-0.3, -0.25) is 0 Å². The predicted molar refractivity (Wildman–Crippen MR) is 69.8 cm³/mol. The normalized spacial score (nSPS) is 27.6. The highest BCUT2D eigenvalue weighted by Crippen LogP contribution is 2.42. The molecule has 1 aliphatic carbocycles. The van der Waals surface area contributed by atoms with E-state index in [2.05, 4.69) is 0 Å². The number of halogens is 4. The molecule has 0 aliphatic heterocycles. The Morgan fingerprint density at radius 1 is 1.35 bits per heavy atom. The van der Waals surface area contributed by atoms with Crippen molar-refractivity contribution in [3.8, 4) is 0 Å². The van der Waals surface area contributed by atoms with Gasteiger partial charge >= 0.3 is 6.18 Å². The monoisotopic (exact) mass is 289 g/mol. The molecule has 1 aliphatic rings. The van der Waals surface area contributed by atoms with E-state index in [0.29, 0.717) is 24.8 Å². The van der Waals surface area contributed by atoms with Crippen LogP contribution in [0, 0.1) is 18.7 Å². The van der Waals surface area contributed by atoms with Crippen LogP contribution >= 0.6 is 0 Å². The second kappa shape index (κ2) is 5.35. The minimum Gasteiger partial charge on any atom is -0.325 e. The van der Waals surface area contributed by atoms with Crippen molar-refractivity contribution in [2.75, 3.05) is 0 Å². The molecule has 1 saturated carbocycles. The molecule has 0 aromatic heterocycles.